The third kappa shape index (κ3) is 4.94. The van der Waals surface area contributed by atoms with Gasteiger partial charge in [0.2, 0.25) is 5.91 Å². The number of aromatic nitrogens is 2. The Morgan fingerprint density at radius 2 is 1.64 bits per heavy atom. The van der Waals surface area contributed by atoms with Gasteiger partial charge in [0, 0.05) is 16.3 Å². The highest BCUT2D eigenvalue weighted by molar-refractivity contribution is 7.91. The number of halogens is 1. The second-order valence-corrected chi connectivity index (χ2v) is 8.75. The van der Waals surface area contributed by atoms with E-state index in [1.165, 1.54) is 6.07 Å². The van der Waals surface area contributed by atoms with Crippen LogP contribution in [0, 0.1) is 0 Å². The van der Waals surface area contributed by atoms with Crippen molar-refractivity contribution >= 4 is 33.0 Å². The van der Waals surface area contributed by atoms with Crippen LogP contribution in [0.5, 0.6) is 0 Å². The number of benzene rings is 2. The first-order valence-electron chi connectivity index (χ1n) is 8.58. The van der Waals surface area contributed by atoms with E-state index in [0.29, 0.717) is 16.4 Å². The van der Waals surface area contributed by atoms with Crippen LogP contribution in [0.1, 0.15) is 12.5 Å². The molecule has 1 heterocycles. The Balaban J connectivity index is 1.66. The van der Waals surface area contributed by atoms with E-state index in [-0.39, 0.29) is 23.1 Å². The van der Waals surface area contributed by atoms with E-state index in [2.05, 4.69) is 15.5 Å². The third-order valence-corrected chi connectivity index (χ3v) is 5.95. The van der Waals surface area contributed by atoms with Gasteiger partial charge in [0.1, 0.15) is 0 Å². The number of sulfone groups is 1. The highest BCUT2D eigenvalue weighted by Crippen LogP contribution is 2.20. The summed E-state index contributed by atoms with van der Waals surface area (Å²) >= 11 is 5.84. The molecule has 0 saturated carbocycles. The van der Waals surface area contributed by atoms with Gasteiger partial charge in [-0.15, -0.1) is 10.2 Å². The molecule has 1 amide bonds. The molecular weight excluding hydrogens is 398 g/mol. The van der Waals surface area contributed by atoms with Crippen LogP contribution in [-0.2, 0) is 21.1 Å². The quantitative estimate of drug-likeness (QED) is 0.661. The molecule has 0 aliphatic carbocycles. The summed E-state index contributed by atoms with van der Waals surface area (Å²) < 4.78 is 23.6. The van der Waals surface area contributed by atoms with E-state index in [1.54, 1.807) is 49.4 Å². The van der Waals surface area contributed by atoms with Crippen LogP contribution in [0.25, 0.3) is 11.3 Å². The van der Waals surface area contributed by atoms with Gasteiger partial charge in [-0.05, 0) is 42.0 Å². The number of hydrogen-bond acceptors (Lipinski definition) is 5. The zero-order valence-corrected chi connectivity index (χ0v) is 16.7. The molecule has 8 heteroatoms. The van der Waals surface area contributed by atoms with Crippen molar-refractivity contribution in [2.75, 3.05) is 11.1 Å². The standard InChI is InChI=1S/C20H18ClN3O3S/c1-2-28(26,27)20-12-11-18(23-24-20)15-5-9-17(10-6-15)22-19(25)13-14-3-7-16(21)8-4-14/h3-12H,2,13H2,1H3,(H,22,25). The molecule has 0 fully saturated rings. The summed E-state index contributed by atoms with van der Waals surface area (Å²) in [5.41, 5.74) is 2.84. The minimum atomic E-state index is -3.37. The molecule has 0 radical (unpaired) electrons. The summed E-state index contributed by atoms with van der Waals surface area (Å²) in [4.78, 5) is 12.2. The highest BCUT2D eigenvalue weighted by Gasteiger charge is 2.14. The first-order valence-corrected chi connectivity index (χ1v) is 10.6. The van der Waals surface area contributed by atoms with Gasteiger partial charge >= 0.3 is 0 Å². The SMILES string of the molecule is CCS(=O)(=O)c1ccc(-c2ccc(NC(=O)Cc3ccc(Cl)cc3)cc2)nn1. The molecule has 0 aliphatic rings. The molecule has 0 aliphatic heterocycles. The van der Waals surface area contributed by atoms with Gasteiger partial charge in [-0.3, -0.25) is 4.79 Å². The topological polar surface area (TPSA) is 89.0 Å². The van der Waals surface area contributed by atoms with Crippen LogP contribution in [0.4, 0.5) is 5.69 Å². The summed E-state index contributed by atoms with van der Waals surface area (Å²) in [6.07, 6.45) is 0.248. The van der Waals surface area contributed by atoms with Gasteiger partial charge in [-0.2, -0.15) is 0 Å². The van der Waals surface area contributed by atoms with E-state index in [4.69, 9.17) is 11.6 Å². The number of carbonyl (C=O) groups is 1. The Kier molecular flexibility index (Phi) is 6.06. The molecule has 3 aromatic rings. The maximum absolute atomic E-state index is 12.2. The first-order chi connectivity index (χ1) is 13.4. The molecular formula is C20H18ClN3O3S. The van der Waals surface area contributed by atoms with Crippen LogP contribution in [0.2, 0.25) is 5.02 Å². The van der Waals surface area contributed by atoms with Crippen molar-refractivity contribution in [3.8, 4) is 11.3 Å². The second-order valence-electron chi connectivity index (χ2n) is 6.09. The number of rotatable bonds is 6. The Labute approximate surface area is 168 Å². The summed E-state index contributed by atoms with van der Waals surface area (Å²) in [5.74, 6) is -0.158. The maximum Gasteiger partial charge on any atom is 0.228 e. The van der Waals surface area contributed by atoms with Crippen molar-refractivity contribution < 1.29 is 13.2 Å². The van der Waals surface area contributed by atoms with E-state index < -0.39 is 9.84 Å². The molecule has 0 bridgehead atoms. The fourth-order valence-electron chi connectivity index (χ4n) is 2.50. The minimum Gasteiger partial charge on any atom is -0.326 e. The molecule has 0 spiro atoms. The highest BCUT2D eigenvalue weighted by atomic mass is 35.5. The van der Waals surface area contributed by atoms with Crippen LogP contribution in [0.15, 0.2) is 65.7 Å². The maximum atomic E-state index is 12.2. The summed E-state index contributed by atoms with van der Waals surface area (Å²) in [6.45, 7) is 1.56. The van der Waals surface area contributed by atoms with Gasteiger partial charge in [-0.1, -0.05) is 42.8 Å². The van der Waals surface area contributed by atoms with E-state index in [9.17, 15) is 13.2 Å². The van der Waals surface area contributed by atoms with E-state index in [0.717, 1.165) is 11.1 Å². The van der Waals surface area contributed by atoms with Crippen molar-refractivity contribution in [2.45, 2.75) is 18.4 Å². The largest absolute Gasteiger partial charge is 0.326 e. The predicted octanol–water partition coefficient (Wildman–Crippen LogP) is 3.77. The number of amides is 1. The molecule has 2 aromatic carbocycles. The minimum absolute atomic E-state index is 0.0224. The van der Waals surface area contributed by atoms with E-state index >= 15 is 0 Å². The smallest absolute Gasteiger partial charge is 0.228 e. The average molecular weight is 416 g/mol. The van der Waals surface area contributed by atoms with Gasteiger partial charge in [0.25, 0.3) is 0 Å². The number of nitrogens with one attached hydrogen (secondary N) is 1. The molecule has 28 heavy (non-hydrogen) atoms. The average Bonchev–Trinajstić information content (AvgIpc) is 2.70. The lowest BCUT2D eigenvalue weighted by Crippen LogP contribution is -2.14. The Morgan fingerprint density at radius 3 is 2.21 bits per heavy atom. The van der Waals surface area contributed by atoms with E-state index in [1.807, 2.05) is 12.1 Å². The predicted molar refractivity (Wildman–Crippen MR) is 109 cm³/mol. The summed E-state index contributed by atoms with van der Waals surface area (Å²) in [7, 11) is -3.37. The van der Waals surface area contributed by atoms with Crippen molar-refractivity contribution in [2.24, 2.45) is 0 Å². The van der Waals surface area contributed by atoms with Gasteiger partial charge < -0.3 is 5.32 Å². The number of hydrogen-bond donors (Lipinski definition) is 1. The number of anilines is 1. The molecule has 0 unspecified atom stereocenters. The van der Waals surface area contributed by atoms with Gasteiger partial charge in [0.05, 0.1) is 17.9 Å². The monoisotopic (exact) mass is 415 g/mol. The molecule has 1 N–H and O–H groups in total. The zero-order chi connectivity index (χ0) is 20.1. The van der Waals surface area contributed by atoms with Gasteiger partial charge in [-0.25, -0.2) is 8.42 Å². The summed E-state index contributed by atoms with van der Waals surface area (Å²) in [5, 5.41) is 11.2. The molecule has 0 saturated heterocycles. The number of carbonyl (C=O) groups excluding carboxylic acids is 1. The summed E-state index contributed by atoms with van der Waals surface area (Å²) in [6, 6.07) is 17.3. The van der Waals surface area contributed by atoms with Crippen molar-refractivity contribution in [3.05, 3.63) is 71.2 Å². The Bertz CT molecular complexity index is 1070. The van der Waals surface area contributed by atoms with Crippen molar-refractivity contribution in [1.82, 2.24) is 10.2 Å². The molecule has 6 nitrogen and oxygen atoms in total. The number of nitrogens with zero attached hydrogens (tertiary/aromatic N) is 2. The van der Waals surface area contributed by atoms with Crippen LogP contribution < -0.4 is 5.32 Å². The third-order valence-electron chi connectivity index (χ3n) is 4.08. The zero-order valence-electron chi connectivity index (χ0n) is 15.1. The Hall–Kier alpha value is -2.77. The Morgan fingerprint density at radius 1 is 0.964 bits per heavy atom. The van der Waals surface area contributed by atoms with Crippen molar-refractivity contribution in [1.29, 1.82) is 0 Å². The van der Waals surface area contributed by atoms with Gasteiger partial charge in [0.15, 0.2) is 14.9 Å². The second kappa shape index (κ2) is 8.50. The fourth-order valence-corrected chi connectivity index (χ4v) is 3.37. The lowest BCUT2D eigenvalue weighted by atomic mass is 10.1. The van der Waals surface area contributed by atoms with Crippen molar-refractivity contribution in [3.63, 3.8) is 0 Å². The van der Waals surface area contributed by atoms with Crippen LogP contribution in [-0.4, -0.2) is 30.3 Å². The lowest BCUT2D eigenvalue weighted by molar-refractivity contribution is -0.115. The fraction of sp³-hybridized carbons (Fsp3) is 0.150. The van der Waals surface area contributed by atoms with Crippen LogP contribution >= 0.6 is 11.6 Å². The first kappa shape index (κ1) is 20.0. The molecule has 1 aromatic heterocycles. The molecule has 144 valence electrons. The lowest BCUT2D eigenvalue weighted by Gasteiger charge is -2.07. The van der Waals surface area contributed by atoms with Crippen LogP contribution in [0.3, 0.4) is 0 Å². The molecule has 0 atom stereocenters. The molecule has 3 rings (SSSR count). The normalized spacial score (nSPS) is 11.2.